The van der Waals surface area contributed by atoms with E-state index in [2.05, 4.69) is 32.9 Å². The van der Waals surface area contributed by atoms with Gasteiger partial charge in [-0.1, -0.05) is 268 Å². The van der Waals surface area contributed by atoms with E-state index >= 15 is 0 Å². The number of esters is 3. The number of allylic oxidation sites excluding steroid dienone is 9. The fourth-order valence-corrected chi connectivity index (χ4v) is 7.32. The van der Waals surface area contributed by atoms with Crippen molar-refractivity contribution in [2.75, 3.05) is 13.2 Å². The standard InChI is InChI=1S/C55H96O6/c1-4-7-10-13-16-19-22-25-26-27-28-31-34-37-40-43-46-49-55(58)61-52(50-59-53(56)47-44-41-38-35-32-29-23-20-17-14-11-8-5-2)51-60-54(57)48-45-42-39-36-33-30-24-21-18-15-12-9-6-3/h26-28,31,34,37,40,43,46,49,52H,4-25,29-30,32-33,35-36,38-39,41-42,44-45,47-48,50-51H2,1-3H3. The summed E-state index contributed by atoms with van der Waals surface area (Å²) in [6.45, 7) is 6.50. The molecule has 0 radical (unpaired) electrons. The van der Waals surface area contributed by atoms with Gasteiger partial charge in [-0.15, -0.1) is 0 Å². The first kappa shape index (κ1) is 58.1. The van der Waals surface area contributed by atoms with Gasteiger partial charge in [0.25, 0.3) is 0 Å². The zero-order valence-electron chi connectivity index (χ0n) is 40.2. The molecule has 6 heteroatoms. The fraction of sp³-hybridized carbons (Fsp3) is 0.764. The number of ether oxygens (including phenoxy) is 3. The smallest absolute Gasteiger partial charge is 0.331 e. The average Bonchev–Trinajstić information content (AvgIpc) is 3.26. The molecule has 0 spiro atoms. The van der Waals surface area contributed by atoms with Gasteiger partial charge < -0.3 is 14.2 Å². The summed E-state index contributed by atoms with van der Waals surface area (Å²) in [5.74, 6) is -1.21. The van der Waals surface area contributed by atoms with Crippen molar-refractivity contribution < 1.29 is 28.6 Å². The van der Waals surface area contributed by atoms with Gasteiger partial charge in [-0.2, -0.15) is 0 Å². The monoisotopic (exact) mass is 853 g/mol. The van der Waals surface area contributed by atoms with E-state index in [4.69, 9.17) is 14.2 Å². The van der Waals surface area contributed by atoms with Gasteiger partial charge in [0.1, 0.15) is 13.2 Å². The highest BCUT2D eigenvalue weighted by Gasteiger charge is 2.18. The number of carbonyl (C=O) groups is 3. The molecule has 0 bridgehead atoms. The molecule has 6 nitrogen and oxygen atoms in total. The summed E-state index contributed by atoms with van der Waals surface area (Å²) in [5, 5.41) is 0. The molecule has 0 aromatic heterocycles. The van der Waals surface area contributed by atoms with Crippen LogP contribution in [0.4, 0.5) is 0 Å². The molecule has 0 fully saturated rings. The van der Waals surface area contributed by atoms with Crippen molar-refractivity contribution in [2.45, 2.75) is 258 Å². The average molecular weight is 853 g/mol. The molecule has 61 heavy (non-hydrogen) atoms. The summed E-state index contributed by atoms with van der Waals surface area (Å²) >= 11 is 0. The number of hydrogen-bond donors (Lipinski definition) is 0. The van der Waals surface area contributed by atoms with Crippen LogP contribution in [0.5, 0.6) is 0 Å². The molecule has 0 aliphatic heterocycles. The minimum atomic E-state index is -0.865. The van der Waals surface area contributed by atoms with Crippen LogP contribution in [0, 0.1) is 0 Å². The Morgan fingerprint density at radius 1 is 0.361 bits per heavy atom. The Balaban J connectivity index is 4.56. The Kier molecular flexibility index (Phi) is 47.4. The van der Waals surface area contributed by atoms with Gasteiger partial charge in [-0.25, -0.2) is 4.79 Å². The fourth-order valence-electron chi connectivity index (χ4n) is 7.32. The lowest BCUT2D eigenvalue weighted by atomic mass is 10.0. The summed E-state index contributed by atoms with van der Waals surface area (Å²) < 4.78 is 16.6. The van der Waals surface area contributed by atoms with Crippen molar-refractivity contribution in [3.8, 4) is 0 Å². The van der Waals surface area contributed by atoms with Crippen LogP contribution in [0.25, 0.3) is 0 Å². The van der Waals surface area contributed by atoms with Crippen molar-refractivity contribution >= 4 is 17.9 Å². The first-order chi connectivity index (χ1) is 30.0. The maximum atomic E-state index is 12.7. The van der Waals surface area contributed by atoms with E-state index in [1.165, 1.54) is 179 Å². The summed E-state index contributed by atoms with van der Waals surface area (Å²) in [6.07, 6.45) is 61.2. The molecule has 0 aromatic carbocycles. The minimum Gasteiger partial charge on any atom is -0.462 e. The molecular formula is C55H96O6. The summed E-state index contributed by atoms with van der Waals surface area (Å²) in [5.41, 5.74) is 0. The molecule has 0 heterocycles. The molecule has 0 saturated carbocycles. The van der Waals surface area contributed by atoms with Crippen LogP contribution in [0.15, 0.2) is 60.8 Å². The summed E-state index contributed by atoms with van der Waals surface area (Å²) in [6, 6.07) is 0. The molecule has 0 aliphatic carbocycles. The molecule has 0 amide bonds. The third-order valence-corrected chi connectivity index (χ3v) is 11.2. The van der Waals surface area contributed by atoms with Gasteiger partial charge in [-0.05, 0) is 25.7 Å². The van der Waals surface area contributed by atoms with Crippen LogP contribution in [-0.4, -0.2) is 37.2 Å². The lowest BCUT2D eigenvalue weighted by Gasteiger charge is -2.17. The van der Waals surface area contributed by atoms with E-state index in [0.29, 0.717) is 12.8 Å². The second kappa shape index (κ2) is 49.8. The maximum absolute atomic E-state index is 12.7. The van der Waals surface area contributed by atoms with Crippen LogP contribution >= 0.6 is 0 Å². The molecule has 0 saturated heterocycles. The van der Waals surface area contributed by atoms with Gasteiger partial charge in [0, 0.05) is 18.9 Å². The predicted octanol–water partition coefficient (Wildman–Crippen LogP) is 16.9. The zero-order chi connectivity index (χ0) is 44.4. The van der Waals surface area contributed by atoms with Crippen LogP contribution < -0.4 is 0 Å². The largest absolute Gasteiger partial charge is 0.462 e. The Morgan fingerprint density at radius 2 is 0.656 bits per heavy atom. The van der Waals surface area contributed by atoms with Crippen LogP contribution in [0.3, 0.4) is 0 Å². The highest BCUT2D eigenvalue weighted by molar-refractivity contribution is 5.82. The van der Waals surface area contributed by atoms with E-state index < -0.39 is 12.1 Å². The molecule has 0 aromatic rings. The van der Waals surface area contributed by atoms with E-state index in [1.807, 2.05) is 30.4 Å². The lowest BCUT2D eigenvalue weighted by Crippen LogP contribution is -2.30. The predicted molar refractivity (Wildman–Crippen MR) is 261 cm³/mol. The van der Waals surface area contributed by atoms with Crippen molar-refractivity contribution in [1.82, 2.24) is 0 Å². The van der Waals surface area contributed by atoms with Crippen molar-refractivity contribution in [3.63, 3.8) is 0 Å². The highest BCUT2D eigenvalue weighted by Crippen LogP contribution is 2.15. The third-order valence-electron chi connectivity index (χ3n) is 11.2. The number of carbonyl (C=O) groups excluding carboxylic acids is 3. The third kappa shape index (κ3) is 48.0. The summed E-state index contributed by atoms with van der Waals surface area (Å²) in [4.78, 5) is 37.8. The quantitative estimate of drug-likeness (QED) is 0.0200. The van der Waals surface area contributed by atoms with E-state index in [-0.39, 0.29) is 25.2 Å². The minimum absolute atomic E-state index is 0.138. The van der Waals surface area contributed by atoms with Gasteiger partial charge in [0.05, 0.1) is 0 Å². The molecule has 0 N–H and O–H groups in total. The Labute approximate surface area is 377 Å². The second-order valence-electron chi connectivity index (χ2n) is 17.3. The molecule has 0 rings (SSSR count). The Morgan fingerprint density at radius 3 is 1.02 bits per heavy atom. The van der Waals surface area contributed by atoms with E-state index in [1.54, 1.807) is 12.2 Å². The van der Waals surface area contributed by atoms with Crippen LogP contribution in [0.2, 0.25) is 0 Å². The lowest BCUT2D eigenvalue weighted by molar-refractivity contribution is -0.163. The number of unbranched alkanes of at least 4 members (excludes halogenated alkanes) is 31. The molecular weight excluding hydrogens is 757 g/mol. The molecule has 0 atom stereocenters. The van der Waals surface area contributed by atoms with Gasteiger partial charge in [0.2, 0.25) is 0 Å². The second-order valence-corrected chi connectivity index (χ2v) is 17.3. The molecule has 0 unspecified atom stereocenters. The Hall–Kier alpha value is -2.89. The van der Waals surface area contributed by atoms with Crippen molar-refractivity contribution in [2.24, 2.45) is 0 Å². The molecule has 352 valence electrons. The summed E-state index contributed by atoms with van der Waals surface area (Å²) in [7, 11) is 0. The van der Waals surface area contributed by atoms with Crippen molar-refractivity contribution in [3.05, 3.63) is 60.8 Å². The van der Waals surface area contributed by atoms with Crippen molar-refractivity contribution in [1.29, 1.82) is 0 Å². The van der Waals surface area contributed by atoms with Crippen LogP contribution in [0.1, 0.15) is 252 Å². The van der Waals surface area contributed by atoms with Gasteiger partial charge >= 0.3 is 17.9 Å². The first-order valence-corrected chi connectivity index (χ1v) is 25.9. The van der Waals surface area contributed by atoms with E-state index in [0.717, 1.165) is 44.9 Å². The maximum Gasteiger partial charge on any atom is 0.331 e. The number of hydrogen-bond acceptors (Lipinski definition) is 6. The Bertz CT molecular complexity index is 1070. The highest BCUT2D eigenvalue weighted by atomic mass is 16.6. The first-order valence-electron chi connectivity index (χ1n) is 25.9. The zero-order valence-corrected chi connectivity index (χ0v) is 40.2. The molecule has 0 aliphatic rings. The SMILES string of the molecule is CCCCCCCCCC=CC=CC=CC=CC=CC(=O)OC(COC(=O)CCCCCCCCCCCCCCC)COC(=O)CCCCCCCCCCCCCCC. The van der Waals surface area contributed by atoms with Gasteiger partial charge in [0.15, 0.2) is 6.10 Å². The topological polar surface area (TPSA) is 78.9 Å². The van der Waals surface area contributed by atoms with E-state index in [9.17, 15) is 14.4 Å². The van der Waals surface area contributed by atoms with Crippen LogP contribution in [-0.2, 0) is 28.6 Å². The van der Waals surface area contributed by atoms with Gasteiger partial charge in [-0.3, -0.25) is 9.59 Å². The normalized spacial score (nSPS) is 12.1. The number of rotatable bonds is 46.